The zero-order valence-corrected chi connectivity index (χ0v) is 20.3. The van der Waals surface area contributed by atoms with Gasteiger partial charge in [0.15, 0.2) is 0 Å². The number of rotatable bonds is 9. The number of benzene rings is 2. The van der Waals surface area contributed by atoms with Gasteiger partial charge in [-0.15, -0.1) is 10.2 Å². The van der Waals surface area contributed by atoms with E-state index in [2.05, 4.69) is 32.5 Å². The monoisotopic (exact) mass is 481 g/mol. The van der Waals surface area contributed by atoms with E-state index in [0.717, 1.165) is 47.3 Å². The quantitative estimate of drug-likeness (QED) is 0.337. The molecule has 3 heterocycles. The van der Waals surface area contributed by atoms with E-state index in [1.165, 1.54) is 0 Å². The maximum absolute atomic E-state index is 13.5. The molecule has 0 bridgehead atoms. The van der Waals surface area contributed by atoms with Crippen LogP contribution in [0.1, 0.15) is 31.0 Å². The maximum atomic E-state index is 13.5. The van der Waals surface area contributed by atoms with Crippen LogP contribution in [0.4, 0.5) is 0 Å². The van der Waals surface area contributed by atoms with Crippen molar-refractivity contribution in [3.63, 3.8) is 0 Å². The van der Waals surface area contributed by atoms with Gasteiger partial charge in [-0.25, -0.2) is 4.79 Å². The molecule has 0 spiro atoms. The number of aryl methyl sites for hydroxylation is 1. The summed E-state index contributed by atoms with van der Waals surface area (Å²) in [5.41, 5.74) is 5.24. The first-order valence-corrected chi connectivity index (χ1v) is 11.9. The largest absolute Gasteiger partial charge is 0.495 e. The fourth-order valence-electron chi connectivity index (χ4n) is 4.31. The normalized spacial score (nSPS) is 11.1. The van der Waals surface area contributed by atoms with Crippen molar-refractivity contribution in [1.29, 1.82) is 0 Å². The molecule has 3 aromatic heterocycles. The van der Waals surface area contributed by atoms with Crippen LogP contribution in [0.2, 0.25) is 0 Å². The zero-order valence-electron chi connectivity index (χ0n) is 20.3. The molecule has 5 rings (SSSR count). The number of para-hydroxylation sites is 2. The van der Waals surface area contributed by atoms with Crippen LogP contribution in [0.15, 0.2) is 77.9 Å². The number of nitrogens with zero attached hydrogens (tertiary/aromatic N) is 6. The van der Waals surface area contributed by atoms with Gasteiger partial charge >= 0.3 is 5.69 Å². The molecule has 2 aromatic carbocycles. The Bertz CT molecular complexity index is 1500. The second-order valence-electron chi connectivity index (χ2n) is 8.47. The molecular weight excluding hydrogens is 454 g/mol. The molecule has 9 nitrogen and oxygen atoms in total. The highest BCUT2D eigenvalue weighted by Crippen LogP contribution is 2.28. The van der Waals surface area contributed by atoms with Gasteiger partial charge in [0.25, 0.3) is 0 Å². The van der Waals surface area contributed by atoms with Gasteiger partial charge in [-0.1, -0.05) is 55.8 Å². The van der Waals surface area contributed by atoms with Gasteiger partial charge in [0.05, 0.1) is 19.3 Å². The Morgan fingerprint density at radius 3 is 2.61 bits per heavy atom. The second kappa shape index (κ2) is 10.4. The molecule has 0 amide bonds. The molecule has 0 aliphatic heterocycles. The summed E-state index contributed by atoms with van der Waals surface area (Å²) in [7, 11) is 1.62. The number of aromatic amines is 1. The molecule has 0 fully saturated rings. The first-order chi connectivity index (χ1) is 17.7. The van der Waals surface area contributed by atoms with Crippen LogP contribution in [-0.4, -0.2) is 41.9 Å². The van der Waals surface area contributed by atoms with E-state index < -0.39 is 0 Å². The van der Waals surface area contributed by atoms with Gasteiger partial charge in [-0.05, 0) is 47.4 Å². The average molecular weight is 482 g/mol. The summed E-state index contributed by atoms with van der Waals surface area (Å²) in [5, 5.41) is 14.3. The van der Waals surface area contributed by atoms with E-state index in [-0.39, 0.29) is 5.69 Å². The molecule has 0 unspecified atom stereocenters. The van der Waals surface area contributed by atoms with Crippen LogP contribution in [0, 0.1) is 0 Å². The van der Waals surface area contributed by atoms with Crippen molar-refractivity contribution in [3.8, 4) is 34.1 Å². The summed E-state index contributed by atoms with van der Waals surface area (Å²) < 4.78 is 9.04. The van der Waals surface area contributed by atoms with E-state index in [4.69, 9.17) is 4.74 Å². The Morgan fingerprint density at radius 1 is 1.03 bits per heavy atom. The summed E-state index contributed by atoms with van der Waals surface area (Å²) >= 11 is 0. The van der Waals surface area contributed by atoms with Gasteiger partial charge in [0.2, 0.25) is 5.82 Å². The lowest BCUT2D eigenvalue weighted by atomic mass is 10.0. The lowest BCUT2D eigenvalue weighted by molar-refractivity contribution is 0.412. The average Bonchev–Trinajstić information content (AvgIpc) is 3.57. The van der Waals surface area contributed by atoms with Crippen LogP contribution in [0.5, 0.6) is 5.75 Å². The minimum absolute atomic E-state index is 0.0821. The van der Waals surface area contributed by atoms with E-state index in [9.17, 15) is 4.79 Å². The highest BCUT2D eigenvalue weighted by atomic mass is 16.5. The van der Waals surface area contributed by atoms with Crippen LogP contribution in [0.3, 0.4) is 0 Å². The topological polar surface area (TPSA) is 104 Å². The molecule has 0 aliphatic rings. The van der Waals surface area contributed by atoms with Crippen molar-refractivity contribution < 1.29 is 4.74 Å². The number of tetrazole rings is 1. The molecule has 0 aliphatic carbocycles. The van der Waals surface area contributed by atoms with Crippen LogP contribution in [0.25, 0.3) is 28.3 Å². The van der Waals surface area contributed by atoms with Crippen molar-refractivity contribution in [2.24, 2.45) is 0 Å². The van der Waals surface area contributed by atoms with Gasteiger partial charge in [0.1, 0.15) is 11.4 Å². The van der Waals surface area contributed by atoms with E-state index >= 15 is 0 Å². The number of unbranched alkanes of at least 4 members (excludes halogenated alkanes) is 1. The number of methoxy groups -OCH3 is 1. The Kier molecular flexibility index (Phi) is 6.70. The summed E-state index contributed by atoms with van der Waals surface area (Å²) in [6.45, 7) is 2.63. The predicted octanol–water partition coefficient (Wildman–Crippen LogP) is 4.28. The Hall–Kier alpha value is -4.53. The molecule has 9 heteroatoms. The van der Waals surface area contributed by atoms with Crippen LogP contribution < -0.4 is 10.4 Å². The molecule has 1 N–H and O–H groups in total. The van der Waals surface area contributed by atoms with E-state index in [0.29, 0.717) is 23.8 Å². The number of H-pyrrole nitrogens is 1. The minimum atomic E-state index is -0.0821. The number of imidazole rings is 1. The molecule has 0 saturated heterocycles. The van der Waals surface area contributed by atoms with Gasteiger partial charge in [0, 0.05) is 23.7 Å². The summed E-state index contributed by atoms with van der Waals surface area (Å²) in [4.78, 5) is 18.0. The first-order valence-electron chi connectivity index (χ1n) is 11.9. The summed E-state index contributed by atoms with van der Waals surface area (Å²) in [5.74, 6) is 1.11. The standard InChI is InChI=1S/C27H27N7O2/c1-3-4-8-21-18-34(23-10-5-6-11-24(23)36-2)27(35)33(21)17-19-12-14-20(15-13-19)22-9-7-16-28-25(22)26-29-31-32-30-26/h5-7,9-16,18H,3-4,8,17H2,1-2H3,(H,29,30,31,32). The van der Waals surface area contributed by atoms with E-state index in [1.54, 1.807) is 17.9 Å². The van der Waals surface area contributed by atoms with E-state index in [1.807, 2.05) is 71.4 Å². The second-order valence-corrected chi connectivity index (χ2v) is 8.47. The third kappa shape index (κ3) is 4.55. The third-order valence-electron chi connectivity index (χ3n) is 6.16. The highest BCUT2D eigenvalue weighted by molar-refractivity contribution is 5.77. The number of hydrogen-bond acceptors (Lipinski definition) is 6. The number of hydrogen-bond donors (Lipinski definition) is 1. The predicted molar refractivity (Wildman–Crippen MR) is 137 cm³/mol. The number of ether oxygens (including phenoxy) is 1. The smallest absolute Gasteiger partial charge is 0.333 e. The molecule has 0 saturated carbocycles. The molecule has 182 valence electrons. The fraction of sp³-hybridized carbons (Fsp3) is 0.222. The molecule has 36 heavy (non-hydrogen) atoms. The Morgan fingerprint density at radius 2 is 1.86 bits per heavy atom. The van der Waals surface area contributed by atoms with Gasteiger partial charge in [-0.3, -0.25) is 14.1 Å². The molecular formula is C27H27N7O2. The molecule has 5 aromatic rings. The van der Waals surface area contributed by atoms with Crippen molar-refractivity contribution in [2.75, 3.05) is 7.11 Å². The first kappa shape index (κ1) is 23.2. The van der Waals surface area contributed by atoms with Gasteiger partial charge in [-0.2, -0.15) is 5.21 Å². The Balaban J connectivity index is 1.48. The Labute approximate surface area is 208 Å². The van der Waals surface area contributed by atoms with Crippen molar-refractivity contribution in [1.82, 2.24) is 34.7 Å². The van der Waals surface area contributed by atoms with Crippen LogP contribution in [-0.2, 0) is 13.0 Å². The van der Waals surface area contributed by atoms with Crippen molar-refractivity contribution in [3.05, 3.63) is 94.8 Å². The lowest BCUT2D eigenvalue weighted by Gasteiger charge is -2.10. The van der Waals surface area contributed by atoms with Gasteiger partial charge < -0.3 is 4.74 Å². The number of pyridine rings is 1. The summed E-state index contributed by atoms with van der Waals surface area (Å²) in [6, 6.07) is 19.6. The lowest BCUT2D eigenvalue weighted by Crippen LogP contribution is -2.25. The van der Waals surface area contributed by atoms with Crippen LogP contribution >= 0.6 is 0 Å². The molecule has 0 radical (unpaired) electrons. The number of nitrogens with one attached hydrogen (secondary N) is 1. The highest BCUT2D eigenvalue weighted by Gasteiger charge is 2.16. The van der Waals surface area contributed by atoms with Crippen molar-refractivity contribution >= 4 is 0 Å². The molecule has 0 atom stereocenters. The minimum Gasteiger partial charge on any atom is -0.495 e. The maximum Gasteiger partial charge on any atom is 0.333 e. The zero-order chi connectivity index (χ0) is 24.9. The SMILES string of the molecule is CCCCc1cn(-c2ccccc2OC)c(=O)n1Cc1ccc(-c2cccnc2-c2nn[nH]n2)cc1. The van der Waals surface area contributed by atoms with Crippen molar-refractivity contribution in [2.45, 2.75) is 32.7 Å². The third-order valence-corrected chi connectivity index (χ3v) is 6.16. The fourth-order valence-corrected chi connectivity index (χ4v) is 4.31. The number of aromatic nitrogens is 7. The summed E-state index contributed by atoms with van der Waals surface area (Å²) in [6.07, 6.45) is 6.54.